The molecule has 16 heavy (non-hydrogen) atoms. The Morgan fingerprint density at radius 2 is 1.56 bits per heavy atom. The summed E-state index contributed by atoms with van der Waals surface area (Å²) in [6, 6.07) is 0. The SMILES string of the molecule is O=C(O)C1CCC(C(=O)O)(C2CCC2)CC1. The molecule has 0 aliphatic heterocycles. The highest BCUT2D eigenvalue weighted by atomic mass is 16.4. The Morgan fingerprint density at radius 3 is 1.88 bits per heavy atom. The van der Waals surface area contributed by atoms with Gasteiger partial charge in [-0.05, 0) is 44.4 Å². The third-order valence-electron chi connectivity index (χ3n) is 4.54. The highest BCUT2D eigenvalue weighted by Crippen LogP contribution is 2.51. The molecule has 4 nitrogen and oxygen atoms in total. The Kier molecular flexibility index (Phi) is 2.91. The molecule has 0 spiro atoms. The van der Waals surface area contributed by atoms with Crippen LogP contribution in [0.3, 0.4) is 0 Å². The normalized spacial score (nSPS) is 35.4. The quantitative estimate of drug-likeness (QED) is 0.773. The van der Waals surface area contributed by atoms with E-state index in [1.165, 1.54) is 0 Å². The average Bonchev–Trinajstić information content (AvgIpc) is 2.15. The smallest absolute Gasteiger partial charge is 0.309 e. The minimum atomic E-state index is -0.771. The molecule has 2 N–H and O–H groups in total. The van der Waals surface area contributed by atoms with E-state index in [9.17, 15) is 14.7 Å². The van der Waals surface area contributed by atoms with Crippen LogP contribution in [0.25, 0.3) is 0 Å². The summed E-state index contributed by atoms with van der Waals surface area (Å²) in [5, 5.41) is 18.3. The fourth-order valence-corrected chi connectivity index (χ4v) is 3.14. The van der Waals surface area contributed by atoms with Crippen molar-refractivity contribution in [3.8, 4) is 0 Å². The van der Waals surface area contributed by atoms with Crippen LogP contribution in [-0.2, 0) is 9.59 Å². The fraction of sp³-hybridized carbons (Fsp3) is 0.833. The topological polar surface area (TPSA) is 74.6 Å². The van der Waals surface area contributed by atoms with E-state index in [-0.39, 0.29) is 5.92 Å². The Hall–Kier alpha value is -1.06. The molecule has 4 heteroatoms. The van der Waals surface area contributed by atoms with Gasteiger partial charge in [-0.15, -0.1) is 0 Å². The van der Waals surface area contributed by atoms with Crippen LogP contribution in [0.2, 0.25) is 0 Å². The van der Waals surface area contributed by atoms with Crippen molar-refractivity contribution in [2.24, 2.45) is 17.3 Å². The molecule has 0 aromatic carbocycles. The molecule has 0 amide bonds. The van der Waals surface area contributed by atoms with Crippen molar-refractivity contribution in [1.82, 2.24) is 0 Å². The van der Waals surface area contributed by atoms with Gasteiger partial charge >= 0.3 is 11.9 Å². The third-order valence-corrected chi connectivity index (χ3v) is 4.54. The van der Waals surface area contributed by atoms with Crippen molar-refractivity contribution in [1.29, 1.82) is 0 Å². The standard InChI is InChI=1S/C12H18O4/c13-10(14)8-4-6-12(7-5-8,11(15)16)9-2-1-3-9/h8-9H,1-7H2,(H,13,14)(H,15,16). The fourth-order valence-electron chi connectivity index (χ4n) is 3.14. The predicted octanol–water partition coefficient (Wildman–Crippen LogP) is 2.13. The average molecular weight is 226 g/mol. The van der Waals surface area contributed by atoms with Crippen molar-refractivity contribution in [2.45, 2.75) is 44.9 Å². The maximum Gasteiger partial charge on any atom is 0.309 e. The highest BCUT2D eigenvalue weighted by molar-refractivity contribution is 5.76. The number of aliphatic carboxylic acids is 2. The summed E-state index contributed by atoms with van der Waals surface area (Å²) in [5.74, 6) is -1.51. The molecular weight excluding hydrogens is 208 g/mol. The van der Waals surface area contributed by atoms with Crippen LogP contribution in [0.15, 0.2) is 0 Å². The van der Waals surface area contributed by atoms with Crippen molar-refractivity contribution < 1.29 is 19.8 Å². The van der Waals surface area contributed by atoms with Gasteiger partial charge in [-0.1, -0.05) is 6.42 Å². The first-order valence-electron chi connectivity index (χ1n) is 6.02. The zero-order chi connectivity index (χ0) is 11.8. The molecule has 0 heterocycles. The largest absolute Gasteiger partial charge is 0.481 e. The van der Waals surface area contributed by atoms with Gasteiger partial charge in [0.25, 0.3) is 0 Å². The van der Waals surface area contributed by atoms with E-state index in [4.69, 9.17) is 5.11 Å². The molecule has 0 radical (unpaired) electrons. The Morgan fingerprint density at radius 1 is 1.00 bits per heavy atom. The van der Waals surface area contributed by atoms with Crippen LogP contribution in [0.1, 0.15) is 44.9 Å². The molecule has 0 aromatic rings. The number of rotatable bonds is 3. The van der Waals surface area contributed by atoms with E-state index in [0.29, 0.717) is 31.6 Å². The lowest BCUT2D eigenvalue weighted by Gasteiger charge is -2.45. The lowest BCUT2D eigenvalue weighted by Crippen LogP contribution is -2.45. The van der Waals surface area contributed by atoms with Gasteiger partial charge in [-0.25, -0.2) is 0 Å². The molecule has 2 fully saturated rings. The molecule has 2 aliphatic carbocycles. The molecule has 0 unspecified atom stereocenters. The second kappa shape index (κ2) is 4.07. The van der Waals surface area contributed by atoms with Gasteiger partial charge in [-0.2, -0.15) is 0 Å². The van der Waals surface area contributed by atoms with Crippen molar-refractivity contribution in [2.75, 3.05) is 0 Å². The minimum absolute atomic E-state index is 0.291. The molecule has 2 aliphatic rings. The van der Waals surface area contributed by atoms with Gasteiger partial charge in [0.2, 0.25) is 0 Å². The number of hydrogen-bond acceptors (Lipinski definition) is 2. The third kappa shape index (κ3) is 1.70. The molecular formula is C12H18O4. The minimum Gasteiger partial charge on any atom is -0.481 e. The van der Waals surface area contributed by atoms with E-state index >= 15 is 0 Å². The molecule has 2 rings (SSSR count). The summed E-state index contributed by atoms with van der Waals surface area (Å²) in [7, 11) is 0. The van der Waals surface area contributed by atoms with E-state index in [1.54, 1.807) is 0 Å². The second-order valence-corrected chi connectivity index (χ2v) is 5.20. The van der Waals surface area contributed by atoms with Crippen LogP contribution in [0, 0.1) is 17.3 Å². The molecule has 0 saturated heterocycles. The zero-order valence-electron chi connectivity index (χ0n) is 9.32. The van der Waals surface area contributed by atoms with Crippen LogP contribution in [0.5, 0.6) is 0 Å². The maximum absolute atomic E-state index is 11.4. The van der Waals surface area contributed by atoms with Crippen LogP contribution < -0.4 is 0 Å². The summed E-state index contributed by atoms with van der Waals surface area (Å²) in [6.45, 7) is 0. The molecule has 0 aromatic heterocycles. The maximum atomic E-state index is 11.4. The molecule has 90 valence electrons. The summed E-state index contributed by atoms with van der Waals surface area (Å²) >= 11 is 0. The monoisotopic (exact) mass is 226 g/mol. The van der Waals surface area contributed by atoms with Crippen LogP contribution in [0.4, 0.5) is 0 Å². The van der Waals surface area contributed by atoms with Crippen LogP contribution in [-0.4, -0.2) is 22.2 Å². The van der Waals surface area contributed by atoms with Gasteiger partial charge < -0.3 is 10.2 Å². The summed E-state index contributed by atoms with van der Waals surface area (Å²) in [4.78, 5) is 22.3. The molecule has 0 atom stereocenters. The lowest BCUT2D eigenvalue weighted by molar-refractivity contribution is -0.162. The van der Waals surface area contributed by atoms with Crippen molar-refractivity contribution in [3.63, 3.8) is 0 Å². The predicted molar refractivity (Wildman–Crippen MR) is 57.0 cm³/mol. The van der Waals surface area contributed by atoms with E-state index in [0.717, 1.165) is 19.3 Å². The van der Waals surface area contributed by atoms with Gasteiger partial charge in [0.05, 0.1) is 11.3 Å². The lowest BCUT2D eigenvalue weighted by atomic mass is 9.57. The van der Waals surface area contributed by atoms with E-state index < -0.39 is 17.4 Å². The zero-order valence-corrected chi connectivity index (χ0v) is 9.32. The van der Waals surface area contributed by atoms with Crippen molar-refractivity contribution in [3.05, 3.63) is 0 Å². The number of carboxylic acid groups (broad SMARTS) is 2. The summed E-state index contributed by atoms with van der Waals surface area (Å²) in [5.41, 5.74) is -0.607. The first-order valence-corrected chi connectivity index (χ1v) is 6.02. The van der Waals surface area contributed by atoms with E-state index in [2.05, 4.69) is 0 Å². The first kappa shape index (κ1) is 11.4. The molecule has 2 saturated carbocycles. The number of hydrogen-bond donors (Lipinski definition) is 2. The highest BCUT2D eigenvalue weighted by Gasteiger charge is 2.50. The second-order valence-electron chi connectivity index (χ2n) is 5.20. The van der Waals surface area contributed by atoms with Gasteiger partial charge in [0.15, 0.2) is 0 Å². The van der Waals surface area contributed by atoms with Crippen LogP contribution >= 0.6 is 0 Å². The Labute approximate surface area is 94.7 Å². The van der Waals surface area contributed by atoms with Gasteiger partial charge in [-0.3, -0.25) is 9.59 Å². The summed E-state index contributed by atoms with van der Waals surface area (Å²) in [6.07, 6.45) is 5.28. The van der Waals surface area contributed by atoms with Crippen molar-refractivity contribution >= 4 is 11.9 Å². The Balaban J connectivity index is 2.06. The summed E-state index contributed by atoms with van der Waals surface area (Å²) < 4.78 is 0. The van der Waals surface area contributed by atoms with Gasteiger partial charge in [0.1, 0.15) is 0 Å². The molecule has 0 bridgehead atoms. The Bertz CT molecular complexity index is 298. The number of carbonyl (C=O) groups is 2. The van der Waals surface area contributed by atoms with Gasteiger partial charge in [0, 0.05) is 0 Å². The van der Waals surface area contributed by atoms with E-state index in [1.807, 2.05) is 0 Å². The number of carboxylic acids is 2. The first-order chi connectivity index (χ1) is 7.56.